The molecule has 0 N–H and O–H groups in total. The highest BCUT2D eigenvalue weighted by Gasteiger charge is 2.05. The van der Waals surface area contributed by atoms with Crippen LogP contribution in [0.25, 0.3) is 0 Å². The summed E-state index contributed by atoms with van der Waals surface area (Å²) in [4.78, 5) is 8.00. The highest BCUT2D eigenvalue weighted by atomic mass is 32.1. The van der Waals surface area contributed by atoms with E-state index in [1.165, 1.54) is 22.3 Å². The second-order valence-electron chi connectivity index (χ2n) is 4.80. The first kappa shape index (κ1) is 15.4. The van der Waals surface area contributed by atoms with Gasteiger partial charge in [-0.15, -0.1) is 0 Å². The van der Waals surface area contributed by atoms with Crippen LogP contribution in [0.4, 0.5) is 11.4 Å². The molecular weight excluding hydrogens is 296 g/mol. The predicted molar refractivity (Wildman–Crippen MR) is 94.5 cm³/mol. The van der Waals surface area contributed by atoms with Gasteiger partial charge in [0, 0.05) is 0 Å². The van der Waals surface area contributed by atoms with Crippen molar-refractivity contribution in [3.05, 3.63) is 58.7 Å². The van der Waals surface area contributed by atoms with Gasteiger partial charge in [-0.2, -0.15) is 9.98 Å². The maximum absolute atomic E-state index is 4.63. The molecule has 2 nitrogen and oxygen atoms in total. The normalized spacial score (nSPS) is 9.62. The summed E-state index contributed by atoms with van der Waals surface area (Å²) in [6, 6.07) is 12.1. The molecule has 0 aliphatic carbocycles. The molecule has 2 aromatic rings. The van der Waals surface area contributed by atoms with Crippen LogP contribution in [0.1, 0.15) is 22.3 Å². The first-order chi connectivity index (χ1) is 10.1. The summed E-state index contributed by atoms with van der Waals surface area (Å²) in [7, 11) is 0. The fraction of sp³-hybridized carbons (Fsp3) is 0.176. The van der Waals surface area contributed by atoms with E-state index in [-0.39, 0.29) is 0 Å². The molecule has 0 saturated carbocycles. The molecule has 2 aromatic carbocycles. The van der Waals surface area contributed by atoms with Crippen molar-refractivity contribution in [3.8, 4) is 0 Å². The Morgan fingerprint density at radius 2 is 1.24 bits per heavy atom. The largest absolute Gasteiger partial charge is 0.195 e. The number of thiocarbonyl (C=S) groups is 2. The van der Waals surface area contributed by atoms with Crippen molar-refractivity contribution in [2.75, 3.05) is 0 Å². The highest BCUT2D eigenvalue weighted by Crippen LogP contribution is 2.23. The first-order valence-corrected chi connectivity index (χ1v) is 7.30. The molecule has 0 heterocycles. The lowest BCUT2D eigenvalue weighted by Gasteiger charge is -2.09. The average Bonchev–Trinajstić information content (AvgIpc) is 2.45. The molecule has 0 aromatic heterocycles. The minimum atomic E-state index is 0.841. The lowest BCUT2D eigenvalue weighted by molar-refractivity contribution is 1.13. The van der Waals surface area contributed by atoms with Gasteiger partial charge in [0.25, 0.3) is 0 Å². The third-order valence-corrected chi connectivity index (χ3v) is 3.57. The monoisotopic (exact) mass is 310 g/mol. The van der Waals surface area contributed by atoms with Gasteiger partial charge in [0.05, 0.1) is 21.7 Å². The molecular formula is C17H14N2S2. The molecule has 4 heteroatoms. The van der Waals surface area contributed by atoms with Gasteiger partial charge in [-0.1, -0.05) is 12.1 Å². The maximum Gasteiger partial charge on any atom is 0.0742 e. The van der Waals surface area contributed by atoms with Crippen molar-refractivity contribution in [2.24, 2.45) is 9.98 Å². The van der Waals surface area contributed by atoms with E-state index < -0.39 is 0 Å². The Bertz CT molecular complexity index is 703. The second-order valence-corrected chi connectivity index (χ2v) is 5.17. The number of isothiocyanates is 2. The molecule has 104 valence electrons. The van der Waals surface area contributed by atoms with Gasteiger partial charge in [-0.25, -0.2) is 0 Å². The third kappa shape index (κ3) is 4.01. The highest BCUT2D eigenvalue weighted by molar-refractivity contribution is 7.78. The number of rotatable bonds is 4. The Hall–Kier alpha value is -1.96. The van der Waals surface area contributed by atoms with Crippen LogP contribution >= 0.6 is 24.4 Å². The van der Waals surface area contributed by atoms with Crippen LogP contribution < -0.4 is 0 Å². The average molecular weight is 310 g/mol. The molecule has 0 radical (unpaired) electrons. The quantitative estimate of drug-likeness (QED) is 0.560. The molecule has 0 aliphatic rings. The van der Waals surface area contributed by atoms with Crippen molar-refractivity contribution in [1.29, 1.82) is 0 Å². The van der Waals surface area contributed by atoms with E-state index in [4.69, 9.17) is 0 Å². The fourth-order valence-corrected chi connectivity index (χ4v) is 2.42. The van der Waals surface area contributed by atoms with E-state index in [1.807, 2.05) is 24.3 Å². The van der Waals surface area contributed by atoms with Crippen molar-refractivity contribution in [3.63, 3.8) is 0 Å². The molecule has 0 atom stereocenters. The lowest BCUT2D eigenvalue weighted by Crippen LogP contribution is -1.94. The molecule has 0 aliphatic heterocycles. The van der Waals surface area contributed by atoms with E-state index in [2.05, 4.69) is 70.7 Å². The van der Waals surface area contributed by atoms with E-state index in [0.717, 1.165) is 17.8 Å². The molecule has 2 rings (SSSR count). The predicted octanol–water partition coefficient (Wildman–Crippen LogP) is 5.36. The van der Waals surface area contributed by atoms with Gasteiger partial charge in [-0.05, 0) is 91.2 Å². The van der Waals surface area contributed by atoms with Gasteiger partial charge in [0.2, 0.25) is 0 Å². The molecule has 0 fully saturated rings. The summed E-state index contributed by atoms with van der Waals surface area (Å²) in [6.45, 7) is 4.16. The number of hydrogen-bond donors (Lipinski definition) is 0. The molecule has 0 spiro atoms. The van der Waals surface area contributed by atoms with E-state index in [9.17, 15) is 0 Å². The van der Waals surface area contributed by atoms with Crippen molar-refractivity contribution in [1.82, 2.24) is 0 Å². The van der Waals surface area contributed by atoms with Crippen molar-refractivity contribution >= 4 is 46.1 Å². The summed E-state index contributed by atoms with van der Waals surface area (Å²) >= 11 is 9.26. The topological polar surface area (TPSA) is 24.7 Å². The summed E-state index contributed by atoms with van der Waals surface area (Å²) in [5.41, 5.74) is 6.62. The Labute approximate surface area is 135 Å². The molecule has 0 amide bonds. The Morgan fingerprint density at radius 3 is 1.57 bits per heavy atom. The van der Waals surface area contributed by atoms with Crippen molar-refractivity contribution < 1.29 is 0 Å². The second kappa shape index (κ2) is 7.16. The van der Waals surface area contributed by atoms with Gasteiger partial charge < -0.3 is 0 Å². The van der Waals surface area contributed by atoms with Crippen LogP contribution in [0.3, 0.4) is 0 Å². The van der Waals surface area contributed by atoms with Gasteiger partial charge in [-0.3, -0.25) is 0 Å². The number of nitrogens with zero attached hydrogens (tertiary/aromatic N) is 2. The summed E-state index contributed by atoms with van der Waals surface area (Å²) in [5.74, 6) is 0. The zero-order valence-electron chi connectivity index (χ0n) is 11.9. The zero-order valence-corrected chi connectivity index (χ0v) is 13.5. The minimum Gasteiger partial charge on any atom is -0.195 e. The Kier molecular flexibility index (Phi) is 5.26. The SMILES string of the molecule is Cc1cc(N=C=S)ccc1Cc1ccc(N=C=S)cc1C. The Balaban J connectivity index is 2.29. The number of hydrogen-bond acceptors (Lipinski definition) is 4. The van der Waals surface area contributed by atoms with Gasteiger partial charge in [0.15, 0.2) is 0 Å². The van der Waals surface area contributed by atoms with Crippen LogP contribution in [-0.2, 0) is 6.42 Å². The van der Waals surface area contributed by atoms with Crippen LogP contribution in [0, 0.1) is 13.8 Å². The molecule has 0 saturated heterocycles. The van der Waals surface area contributed by atoms with Crippen molar-refractivity contribution in [2.45, 2.75) is 20.3 Å². The summed E-state index contributed by atoms with van der Waals surface area (Å²) in [5, 5.41) is 4.78. The fourth-order valence-electron chi connectivity index (χ4n) is 2.21. The minimum absolute atomic E-state index is 0.841. The molecule has 0 bridgehead atoms. The van der Waals surface area contributed by atoms with E-state index in [1.54, 1.807) is 0 Å². The Morgan fingerprint density at radius 1 is 0.810 bits per heavy atom. The molecule has 0 unspecified atom stereocenters. The van der Waals surface area contributed by atoms with E-state index >= 15 is 0 Å². The van der Waals surface area contributed by atoms with Gasteiger partial charge in [0.1, 0.15) is 0 Å². The van der Waals surface area contributed by atoms with Crippen LogP contribution in [0.15, 0.2) is 46.4 Å². The maximum atomic E-state index is 4.63. The standard InChI is InChI=1S/C17H14N2S2/c1-12-7-16(18-10-20)5-3-14(12)9-15-4-6-17(19-11-21)8-13(15)2/h3-8H,9H2,1-2H3. The summed E-state index contributed by atoms with van der Waals surface area (Å²) in [6.07, 6.45) is 0.876. The third-order valence-electron chi connectivity index (χ3n) is 3.38. The van der Waals surface area contributed by atoms with Crippen LogP contribution in [0.5, 0.6) is 0 Å². The smallest absolute Gasteiger partial charge is 0.0742 e. The number of benzene rings is 2. The first-order valence-electron chi connectivity index (χ1n) is 6.49. The lowest BCUT2D eigenvalue weighted by atomic mass is 9.97. The number of aliphatic imine (C=N–C) groups is 2. The van der Waals surface area contributed by atoms with E-state index in [0.29, 0.717) is 0 Å². The summed E-state index contributed by atoms with van der Waals surface area (Å²) < 4.78 is 0. The van der Waals surface area contributed by atoms with Crippen LogP contribution in [-0.4, -0.2) is 10.3 Å². The zero-order chi connectivity index (χ0) is 15.2. The van der Waals surface area contributed by atoms with Gasteiger partial charge >= 0.3 is 0 Å². The number of aryl methyl sites for hydroxylation is 2. The molecule has 21 heavy (non-hydrogen) atoms. The van der Waals surface area contributed by atoms with Crippen LogP contribution in [0.2, 0.25) is 0 Å².